The average Bonchev–Trinajstić information content (AvgIpc) is 2.57. The third kappa shape index (κ3) is 18.0. The molecule has 5 heteroatoms. The van der Waals surface area contributed by atoms with E-state index < -0.39 is 5.97 Å². The molecule has 0 aromatic heterocycles. The molecule has 0 saturated heterocycles. The first-order chi connectivity index (χ1) is 12.1. The molecule has 150 valence electrons. The van der Waals surface area contributed by atoms with Crippen molar-refractivity contribution in [2.75, 3.05) is 32.7 Å². The van der Waals surface area contributed by atoms with E-state index in [0.29, 0.717) is 6.54 Å². The highest BCUT2D eigenvalue weighted by atomic mass is 16.5. The van der Waals surface area contributed by atoms with E-state index in [1.54, 1.807) is 0 Å². The van der Waals surface area contributed by atoms with Gasteiger partial charge in [0.2, 0.25) is 0 Å². The first-order valence-electron chi connectivity index (χ1n) is 10.5. The molecule has 0 fully saturated rings. The van der Waals surface area contributed by atoms with Gasteiger partial charge in [0, 0.05) is 13.1 Å². The molecule has 0 aliphatic rings. The van der Waals surface area contributed by atoms with Crippen LogP contribution >= 0.6 is 0 Å². The largest absolute Gasteiger partial charge is 0.480 e. The molecule has 0 rings (SSSR count). The molecule has 0 aromatic carbocycles. The zero-order chi connectivity index (χ0) is 18.8. The minimum Gasteiger partial charge on any atom is -0.480 e. The third-order valence-electron chi connectivity index (χ3n) is 4.77. The van der Waals surface area contributed by atoms with Crippen LogP contribution in [0.25, 0.3) is 0 Å². The molecule has 0 aromatic rings. The van der Waals surface area contributed by atoms with Crippen molar-refractivity contribution in [1.82, 2.24) is 9.96 Å². The summed E-state index contributed by atoms with van der Waals surface area (Å²) in [5.41, 5.74) is 0. The van der Waals surface area contributed by atoms with Crippen LogP contribution < -0.4 is 0 Å². The number of likely N-dealkylation sites (N-methyl/N-ethyl adjacent to an activating group) is 1. The molecule has 0 aliphatic carbocycles. The summed E-state index contributed by atoms with van der Waals surface area (Å²) in [5, 5.41) is 19.0. The predicted molar refractivity (Wildman–Crippen MR) is 104 cm³/mol. The van der Waals surface area contributed by atoms with Crippen molar-refractivity contribution in [3.05, 3.63) is 0 Å². The molecular formula is C20H42N2O3. The Kier molecular flexibility index (Phi) is 17.7. The molecule has 0 radical (unpaired) electrons. The van der Waals surface area contributed by atoms with Crippen LogP contribution in [-0.2, 0) is 4.79 Å². The molecule has 5 nitrogen and oxygen atoms in total. The topological polar surface area (TPSA) is 64.0 Å². The number of hydrogen-bond donors (Lipinski definition) is 2. The average molecular weight is 359 g/mol. The van der Waals surface area contributed by atoms with Crippen LogP contribution in [0, 0.1) is 0 Å². The highest BCUT2D eigenvalue weighted by Crippen LogP contribution is 2.12. The number of hydrogen-bond acceptors (Lipinski definition) is 4. The molecule has 0 unspecified atom stereocenters. The Morgan fingerprint density at radius 1 is 0.720 bits per heavy atom. The second-order valence-electron chi connectivity index (χ2n) is 7.11. The summed E-state index contributed by atoms with van der Waals surface area (Å²) in [6.07, 6.45) is 16.3. The molecule has 0 bridgehead atoms. The maximum Gasteiger partial charge on any atom is 0.320 e. The van der Waals surface area contributed by atoms with Gasteiger partial charge in [-0.25, -0.2) is 0 Å². The number of aliphatic carboxylic acids is 1. The maximum atomic E-state index is 10.5. The van der Waals surface area contributed by atoms with Crippen molar-refractivity contribution in [3.63, 3.8) is 0 Å². The summed E-state index contributed by atoms with van der Waals surface area (Å²) in [5.74, 6) is -0.994. The van der Waals surface area contributed by atoms with E-state index in [9.17, 15) is 10.0 Å². The first-order valence-corrected chi connectivity index (χ1v) is 10.5. The lowest BCUT2D eigenvalue weighted by molar-refractivity contribution is -0.153. The number of carbonyl (C=O) groups is 1. The van der Waals surface area contributed by atoms with Crippen LogP contribution in [0.4, 0.5) is 0 Å². The highest BCUT2D eigenvalue weighted by Gasteiger charge is 2.08. The number of nitrogens with zero attached hydrogens (tertiary/aromatic N) is 2. The van der Waals surface area contributed by atoms with Crippen LogP contribution in [0.5, 0.6) is 0 Å². The molecule has 2 N–H and O–H groups in total. The Balaban J connectivity index is 3.39. The van der Waals surface area contributed by atoms with E-state index in [1.165, 1.54) is 77.0 Å². The van der Waals surface area contributed by atoms with Gasteiger partial charge >= 0.3 is 5.97 Å². The Morgan fingerprint density at radius 2 is 1.20 bits per heavy atom. The number of rotatable bonds is 19. The van der Waals surface area contributed by atoms with Crippen molar-refractivity contribution in [2.24, 2.45) is 0 Å². The Hall–Kier alpha value is -0.650. The molecule has 0 spiro atoms. The van der Waals surface area contributed by atoms with Gasteiger partial charge in [-0.3, -0.25) is 4.79 Å². The molecule has 25 heavy (non-hydrogen) atoms. The number of unbranched alkanes of at least 4 members (excludes halogenated alkanes) is 11. The molecular weight excluding hydrogens is 316 g/mol. The van der Waals surface area contributed by atoms with E-state index >= 15 is 0 Å². The summed E-state index contributed by atoms with van der Waals surface area (Å²) in [6.45, 7) is 7.15. The summed E-state index contributed by atoms with van der Waals surface area (Å²) in [7, 11) is 0. The fraction of sp³-hybridized carbons (Fsp3) is 0.950. The smallest absolute Gasteiger partial charge is 0.320 e. The summed E-state index contributed by atoms with van der Waals surface area (Å²) < 4.78 is 0. The zero-order valence-corrected chi connectivity index (χ0v) is 16.7. The van der Waals surface area contributed by atoms with Gasteiger partial charge in [0.05, 0.1) is 0 Å². The van der Waals surface area contributed by atoms with Gasteiger partial charge in [-0.2, -0.15) is 5.06 Å². The lowest BCUT2D eigenvalue weighted by Gasteiger charge is -2.22. The minimum atomic E-state index is -0.994. The Bertz CT molecular complexity index is 301. The fourth-order valence-corrected chi connectivity index (χ4v) is 3.10. The molecule has 0 heterocycles. The maximum absolute atomic E-state index is 10.5. The van der Waals surface area contributed by atoms with Gasteiger partial charge in [-0.05, 0) is 19.5 Å². The molecule has 0 atom stereocenters. The van der Waals surface area contributed by atoms with Gasteiger partial charge in [0.15, 0.2) is 0 Å². The second kappa shape index (κ2) is 18.2. The molecule has 0 aliphatic heterocycles. The zero-order valence-electron chi connectivity index (χ0n) is 16.7. The quantitative estimate of drug-likeness (QED) is 0.257. The SMILES string of the molecule is CCCCCCCCCCCCCCN(CC)CCN(O)CC(=O)O. The predicted octanol–water partition coefficient (Wildman–Crippen LogP) is 4.79. The van der Waals surface area contributed by atoms with Gasteiger partial charge in [0.1, 0.15) is 6.54 Å². The van der Waals surface area contributed by atoms with Crippen LogP contribution in [0.3, 0.4) is 0 Å². The van der Waals surface area contributed by atoms with E-state index in [1.807, 2.05) is 0 Å². The van der Waals surface area contributed by atoms with Crippen LogP contribution in [0.2, 0.25) is 0 Å². The summed E-state index contributed by atoms with van der Waals surface area (Å²) in [4.78, 5) is 12.8. The first kappa shape index (κ1) is 24.4. The van der Waals surface area contributed by atoms with Gasteiger partial charge < -0.3 is 15.2 Å². The number of hydroxylamine groups is 2. The van der Waals surface area contributed by atoms with Gasteiger partial charge in [-0.15, -0.1) is 0 Å². The fourth-order valence-electron chi connectivity index (χ4n) is 3.10. The van der Waals surface area contributed by atoms with Crippen molar-refractivity contribution < 1.29 is 15.1 Å². The monoisotopic (exact) mass is 358 g/mol. The lowest BCUT2D eigenvalue weighted by Crippen LogP contribution is -2.36. The Morgan fingerprint density at radius 3 is 1.64 bits per heavy atom. The second-order valence-corrected chi connectivity index (χ2v) is 7.11. The van der Waals surface area contributed by atoms with Crippen molar-refractivity contribution in [2.45, 2.75) is 90.9 Å². The highest BCUT2D eigenvalue weighted by molar-refractivity contribution is 5.68. The minimum absolute atomic E-state index is 0.309. The van der Waals surface area contributed by atoms with Gasteiger partial charge in [0.25, 0.3) is 0 Å². The Labute approximate surface area is 155 Å². The number of carboxylic acids is 1. The van der Waals surface area contributed by atoms with E-state index in [4.69, 9.17) is 5.11 Å². The molecule has 0 amide bonds. The van der Waals surface area contributed by atoms with E-state index in [-0.39, 0.29) is 6.54 Å². The standard InChI is InChI=1S/C20H42N2O3/c1-3-5-6-7-8-9-10-11-12-13-14-15-16-21(4-2)17-18-22(25)19-20(23)24/h25H,3-19H2,1-2H3,(H,23,24). The van der Waals surface area contributed by atoms with Crippen molar-refractivity contribution >= 4 is 5.97 Å². The van der Waals surface area contributed by atoms with Gasteiger partial charge in [-0.1, -0.05) is 84.5 Å². The lowest BCUT2D eigenvalue weighted by atomic mass is 10.1. The molecule has 0 saturated carbocycles. The third-order valence-corrected chi connectivity index (χ3v) is 4.77. The van der Waals surface area contributed by atoms with Crippen molar-refractivity contribution in [3.8, 4) is 0 Å². The normalized spacial score (nSPS) is 11.6. The van der Waals surface area contributed by atoms with E-state index in [2.05, 4.69) is 18.7 Å². The van der Waals surface area contributed by atoms with Crippen LogP contribution in [0.1, 0.15) is 90.9 Å². The van der Waals surface area contributed by atoms with E-state index in [0.717, 1.165) is 24.7 Å². The summed E-state index contributed by atoms with van der Waals surface area (Å²) in [6, 6.07) is 0. The summed E-state index contributed by atoms with van der Waals surface area (Å²) >= 11 is 0. The van der Waals surface area contributed by atoms with Crippen molar-refractivity contribution in [1.29, 1.82) is 0 Å². The van der Waals surface area contributed by atoms with Crippen LogP contribution in [-0.4, -0.2) is 59.0 Å². The van der Waals surface area contributed by atoms with Crippen LogP contribution in [0.15, 0.2) is 0 Å². The number of carboxylic acid groups (broad SMARTS) is 1.